The summed E-state index contributed by atoms with van der Waals surface area (Å²) >= 11 is 0. The molecule has 1 fully saturated rings. The summed E-state index contributed by atoms with van der Waals surface area (Å²) in [7, 11) is -1.03. The highest BCUT2D eigenvalue weighted by Crippen LogP contribution is 2.25. The van der Waals surface area contributed by atoms with Crippen LogP contribution in [0.15, 0.2) is 30.3 Å². The van der Waals surface area contributed by atoms with Crippen LogP contribution < -0.4 is 10.2 Å². The highest BCUT2D eigenvalue weighted by molar-refractivity contribution is 7.91. The van der Waals surface area contributed by atoms with Crippen LogP contribution in [-0.2, 0) is 16.3 Å². The Morgan fingerprint density at radius 1 is 1.28 bits per heavy atom. The molecule has 1 atom stereocenters. The molecule has 0 bridgehead atoms. The third kappa shape index (κ3) is 4.10. The van der Waals surface area contributed by atoms with Crippen molar-refractivity contribution in [2.24, 2.45) is 0 Å². The van der Waals surface area contributed by atoms with Crippen LogP contribution >= 0.6 is 0 Å². The minimum atomic E-state index is -2.93. The van der Waals surface area contributed by atoms with Gasteiger partial charge >= 0.3 is 0 Å². The van der Waals surface area contributed by atoms with Gasteiger partial charge in [-0.15, -0.1) is 0 Å². The molecule has 2 heterocycles. The van der Waals surface area contributed by atoms with E-state index in [9.17, 15) is 8.42 Å². The number of anilines is 3. The average molecular weight is 360 g/mol. The zero-order chi connectivity index (χ0) is 18.0. The third-order valence-corrected chi connectivity index (χ3v) is 6.35. The van der Waals surface area contributed by atoms with Crippen molar-refractivity contribution in [3.8, 4) is 0 Å². The zero-order valence-corrected chi connectivity index (χ0v) is 15.7. The number of para-hydroxylation sites is 1. The maximum Gasteiger partial charge on any atom is 0.152 e. The first-order valence-electron chi connectivity index (χ1n) is 8.52. The van der Waals surface area contributed by atoms with E-state index >= 15 is 0 Å². The maximum atomic E-state index is 11.8. The molecule has 2 aromatic rings. The lowest BCUT2D eigenvalue weighted by Crippen LogP contribution is -2.33. The van der Waals surface area contributed by atoms with Crippen LogP contribution in [0.1, 0.15) is 24.7 Å². The van der Waals surface area contributed by atoms with E-state index in [4.69, 9.17) is 0 Å². The predicted molar refractivity (Wildman–Crippen MR) is 101 cm³/mol. The van der Waals surface area contributed by atoms with E-state index in [2.05, 4.69) is 28.3 Å². The summed E-state index contributed by atoms with van der Waals surface area (Å²) in [5, 5.41) is 3.37. The summed E-state index contributed by atoms with van der Waals surface area (Å²) in [4.78, 5) is 10.9. The Kier molecular flexibility index (Phi) is 4.94. The Morgan fingerprint density at radius 3 is 2.72 bits per heavy atom. The second-order valence-electron chi connectivity index (χ2n) is 6.46. The number of sulfone groups is 1. The van der Waals surface area contributed by atoms with Gasteiger partial charge in [0.1, 0.15) is 17.5 Å². The number of hydrogen-bond acceptors (Lipinski definition) is 6. The van der Waals surface area contributed by atoms with Gasteiger partial charge in [0.25, 0.3) is 0 Å². The lowest BCUT2D eigenvalue weighted by atomic mass is 10.1. The van der Waals surface area contributed by atoms with Gasteiger partial charge in [0.2, 0.25) is 0 Å². The molecule has 1 aliphatic rings. The van der Waals surface area contributed by atoms with Crippen LogP contribution in [0.25, 0.3) is 0 Å². The lowest BCUT2D eigenvalue weighted by Gasteiger charge is -2.25. The van der Waals surface area contributed by atoms with Gasteiger partial charge in [0.05, 0.1) is 11.5 Å². The van der Waals surface area contributed by atoms with Gasteiger partial charge in [0, 0.05) is 24.8 Å². The molecule has 7 heteroatoms. The Bertz CT molecular complexity index is 867. The Balaban J connectivity index is 1.85. The number of hydrogen-bond donors (Lipinski definition) is 1. The first kappa shape index (κ1) is 17.7. The topological polar surface area (TPSA) is 75.2 Å². The highest BCUT2D eigenvalue weighted by Gasteiger charge is 2.31. The number of rotatable bonds is 5. The molecule has 0 spiro atoms. The molecule has 1 unspecified atom stereocenters. The van der Waals surface area contributed by atoms with Gasteiger partial charge in [-0.2, -0.15) is 0 Å². The first-order valence-corrected chi connectivity index (χ1v) is 10.3. The van der Waals surface area contributed by atoms with Crippen molar-refractivity contribution >= 4 is 27.2 Å². The van der Waals surface area contributed by atoms with Crippen molar-refractivity contribution in [2.45, 2.75) is 32.7 Å². The van der Waals surface area contributed by atoms with Gasteiger partial charge in [-0.05, 0) is 31.4 Å². The quantitative estimate of drug-likeness (QED) is 0.884. The molecular weight excluding hydrogens is 336 g/mol. The summed E-state index contributed by atoms with van der Waals surface area (Å²) in [6, 6.07) is 9.98. The van der Waals surface area contributed by atoms with Crippen molar-refractivity contribution in [3.63, 3.8) is 0 Å². The number of nitrogens with zero attached hydrogens (tertiary/aromatic N) is 3. The van der Waals surface area contributed by atoms with Gasteiger partial charge in [-0.3, -0.25) is 0 Å². The summed E-state index contributed by atoms with van der Waals surface area (Å²) in [6.45, 7) is 3.96. The van der Waals surface area contributed by atoms with Crippen LogP contribution in [0, 0.1) is 6.92 Å². The van der Waals surface area contributed by atoms with Gasteiger partial charge < -0.3 is 10.2 Å². The largest absolute Gasteiger partial charge is 0.355 e. The van der Waals surface area contributed by atoms with Crippen molar-refractivity contribution in [1.29, 1.82) is 0 Å². The van der Waals surface area contributed by atoms with Crippen LogP contribution in [0.4, 0.5) is 17.3 Å². The molecule has 3 rings (SSSR count). The van der Waals surface area contributed by atoms with Crippen LogP contribution in [0.3, 0.4) is 0 Å². The molecular formula is C18H24N4O2S. The van der Waals surface area contributed by atoms with E-state index in [1.54, 1.807) is 0 Å². The van der Waals surface area contributed by atoms with Crippen molar-refractivity contribution in [1.82, 2.24) is 9.97 Å². The summed E-state index contributed by atoms with van der Waals surface area (Å²) in [5.41, 5.74) is 2.25. The smallest absolute Gasteiger partial charge is 0.152 e. The highest BCUT2D eigenvalue weighted by atomic mass is 32.2. The number of aromatic nitrogens is 2. The monoisotopic (exact) mass is 360 g/mol. The Morgan fingerprint density at radius 2 is 2.04 bits per heavy atom. The summed E-state index contributed by atoms with van der Waals surface area (Å²) in [5.74, 6) is 2.55. The fourth-order valence-corrected chi connectivity index (χ4v) is 4.93. The summed E-state index contributed by atoms with van der Waals surface area (Å²) in [6.07, 6.45) is 1.57. The normalized spacial score (nSPS) is 18.9. The first-order chi connectivity index (χ1) is 11.9. The van der Waals surface area contributed by atoms with Crippen molar-refractivity contribution < 1.29 is 8.42 Å². The minimum Gasteiger partial charge on any atom is -0.355 e. The van der Waals surface area contributed by atoms with Crippen molar-refractivity contribution in [2.75, 3.05) is 28.8 Å². The molecule has 0 amide bonds. The zero-order valence-electron chi connectivity index (χ0n) is 14.9. The van der Waals surface area contributed by atoms with E-state index < -0.39 is 9.84 Å². The van der Waals surface area contributed by atoms with Crippen LogP contribution in [-0.4, -0.2) is 43.0 Å². The van der Waals surface area contributed by atoms with E-state index in [1.807, 2.05) is 43.1 Å². The molecule has 0 radical (unpaired) electrons. The lowest BCUT2D eigenvalue weighted by molar-refractivity contribution is 0.600. The molecule has 134 valence electrons. The third-order valence-electron chi connectivity index (χ3n) is 4.60. The maximum absolute atomic E-state index is 11.8. The molecule has 25 heavy (non-hydrogen) atoms. The standard InChI is InChI=1S/C18H24N4O2S/c1-4-14-7-5-6-8-16(14)21-17-11-18(20-13(2)19-17)22(3)15-9-10-25(23,24)12-15/h5-8,11,15H,4,9-10,12H2,1-3H3,(H,19,20,21). The second kappa shape index (κ2) is 7.00. The van der Waals surface area contributed by atoms with E-state index in [0.717, 1.165) is 23.7 Å². The van der Waals surface area contributed by atoms with Gasteiger partial charge in [-0.1, -0.05) is 25.1 Å². The average Bonchev–Trinajstić information content (AvgIpc) is 2.94. The molecule has 1 N–H and O–H groups in total. The fraction of sp³-hybridized carbons (Fsp3) is 0.444. The molecule has 0 aliphatic carbocycles. The number of benzene rings is 1. The van der Waals surface area contributed by atoms with E-state index in [1.165, 1.54) is 5.56 Å². The minimum absolute atomic E-state index is 0.0323. The molecule has 0 saturated carbocycles. The second-order valence-corrected chi connectivity index (χ2v) is 8.69. The van der Waals surface area contributed by atoms with Crippen molar-refractivity contribution in [3.05, 3.63) is 41.7 Å². The van der Waals surface area contributed by atoms with Gasteiger partial charge in [-0.25, -0.2) is 18.4 Å². The molecule has 1 aliphatic heterocycles. The molecule has 6 nitrogen and oxygen atoms in total. The fourth-order valence-electron chi connectivity index (χ4n) is 3.15. The Hall–Kier alpha value is -2.15. The van der Waals surface area contributed by atoms with Crippen LogP contribution in [0.5, 0.6) is 0 Å². The van der Waals surface area contributed by atoms with E-state index in [-0.39, 0.29) is 17.5 Å². The number of aryl methyl sites for hydroxylation is 2. The van der Waals surface area contributed by atoms with E-state index in [0.29, 0.717) is 12.2 Å². The number of nitrogens with one attached hydrogen (secondary N) is 1. The van der Waals surface area contributed by atoms with Gasteiger partial charge in [0.15, 0.2) is 9.84 Å². The molecule has 1 aromatic carbocycles. The Labute approximate surface area is 149 Å². The molecule has 1 aromatic heterocycles. The summed E-state index contributed by atoms with van der Waals surface area (Å²) < 4.78 is 23.5. The van der Waals surface area contributed by atoms with Crippen LogP contribution in [0.2, 0.25) is 0 Å². The molecule has 1 saturated heterocycles. The SMILES string of the molecule is CCc1ccccc1Nc1cc(N(C)C2CCS(=O)(=O)C2)nc(C)n1. The predicted octanol–water partition coefficient (Wildman–Crippen LogP) is 2.71.